The quantitative estimate of drug-likeness (QED) is 0.210. The summed E-state index contributed by atoms with van der Waals surface area (Å²) in [7, 11) is 1.71. The summed E-state index contributed by atoms with van der Waals surface area (Å²) in [6.45, 7) is 6.64. The molecule has 2 rings (SSSR count). The molecular weight excluding hydrogens is 467 g/mol. The van der Waals surface area contributed by atoms with Crippen molar-refractivity contribution in [3.8, 4) is 0 Å². The molecule has 3 N–H and O–H groups in total. The van der Waals surface area contributed by atoms with Gasteiger partial charge in [-0.15, -0.1) is 24.0 Å². The highest BCUT2D eigenvalue weighted by molar-refractivity contribution is 14.0. The molecule has 0 aliphatic carbocycles. The van der Waals surface area contributed by atoms with Crippen LogP contribution >= 0.6 is 24.0 Å². The number of carbonyl (C=O) groups is 1. The number of piperidine rings is 1. The Morgan fingerprint density at radius 3 is 2.71 bits per heavy atom. The molecule has 0 unspecified atom stereocenters. The zero-order valence-electron chi connectivity index (χ0n) is 17.1. The summed E-state index contributed by atoms with van der Waals surface area (Å²) in [6.07, 6.45) is 6.64. The van der Waals surface area contributed by atoms with Crippen molar-refractivity contribution >= 4 is 41.7 Å². The second-order valence-corrected chi connectivity index (χ2v) is 6.89. The summed E-state index contributed by atoms with van der Waals surface area (Å²) < 4.78 is 0. The van der Waals surface area contributed by atoms with Gasteiger partial charge in [0.2, 0.25) is 5.91 Å². The molecule has 1 saturated heterocycles. The van der Waals surface area contributed by atoms with E-state index in [1.807, 2.05) is 18.2 Å². The maximum atomic E-state index is 11.5. The van der Waals surface area contributed by atoms with Crippen LogP contribution in [0.3, 0.4) is 0 Å². The van der Waals surface area contributed by atoms with Crippen molar-refractivity contribution in [3.63, 3.8) is 0 Å². The molecule has 1 aromatic heterocycles. The van der Waals surface area contributed by atoms with Crippen molar-refractivity contribution in [1.29, 1.82) is 0 Å². The fourth-order valence-corrected chi connectivity index (χ4v) is 3.24. The minimum absolute atomic E-state index is 0. The molecule has 2 heterocycles. The summed E-state index contributed by atoms with van der Waals surface area (Å²) in [6, 6.07) is 5.89. The van der Waals surface area contributed by atoms with Gasteiger partial charge in [0.15, 0.2) is 5.96 Å². The van der Waals surface area contributed by atoms with Crippen molar-refractivity contribution < 1.29 is 4.79 Å². The summed E-state index contributed by atoms with van der Waals surface area (Å²) >= 11 is 0. The number of anilines is 1. The molecule has 0 bridgehead atoms. The second-order valence-electron chi connectivity index (χ2n) is 6.89. The van der Waals surface area contributed by atoms with E-state index < -0.39 is 0 Å². The zero-order chi connectivity index (χ0) is 19.3. The van der Waals surface area contributed by atoms with Crippen LogP contribution in [-0.4, -0.2) is 61.5 Å². The number of aliphatic imine (C=N–C) groups is 1. The van der Waals surface area contributed by atoms with Crippen LogP contribution in [-0.2, 0) is 4.79 Å². The lowest BCUT2D eigenvalue weighted by Crippen LogP contribution is -2.46. The average molecular weight is 502 g/mol. The standard InChI is InChI=1S/C20H34N6O.HI/c1-3-22-20(26-14-9-17(10-15-26)16-19(27)21-2)25-13-7-6-12-24-18-8-4-5-11-23-18;/h4-5,8,11,17H,3,6-7,9-10,12-16H2,1-2H3,(H,21,27)(H,22,25)(H,23,24);1H. The first-order valence-electron chi connectivity index (χ1n) is 10.1. The third-order valence-corrected chi connectivity index (χ3v) is 4.82. The van der Waals surface area contributed by atoms with E-state index >= 15 is 0 Å². The largest absolute Gasteiger partial charge is 0.370 e. The van der Waals surface area contributed by atoms with Crippen molar-refractivity contribution in [2.45, 2.75) is 39.0 Å². The van der Waals surface area contributed by atoms with Gasteiger partial charge < -0.3 is 20.9 Å². The number of rotatable bonds is 9. The molecule has 0 saturated carbocycles. The van der Waals surface area contributed by atoms with Gasteiger partial charge in [0, 0.05) is 52.4 Å². The summed E-state index contributed by atoms with van der Waals surface area (Å²) in [5.41, 5.74) is 0. The average Bonchev–Trinajstić information content (AvgIpc) is 2.71. The molecule has 0 aromatic carbocycles. The van der Waals surface area contributed by atoms with Crippen LogP contribution in [0.25, 0.3) is 0 Å². The predicted octanol–water partition coefficient (Wildman–Crippen LogP) is 2.71. The van der Waals surface area contributed by atoms with Crippen LogP contribution in [0.5, 0.6) is 0 Å². The third kappa shape index (κ3) is 9.07. The number of pyridine rings is 1. The lowest BCUT2D eigenvalue weighted by atomic mass is 9.93. The number of amides is 1. The fourth-order valence-electron chi connectivity index (χ4n) is 3.24. The van der Waals surface area contributed by atoms with E-state index in [4.69, 9.17) is 4.99 Å². The Kier molecular flexibility index (Phi) is 12.6. The Hall–Kier alpha value is -1.58. The molecule has 8 heteroatoms. The maximum Gasteiger partial charge on any atom is 0.220 e. The first-order valence-corrected chi connectivity index (χ1v) is 10.1. The molecule has 0 radical (unpaired) electrons. The molecule has 158 valence electrons. The van der Waals surface area contributed by atoms with Crippen LogP contribution in [0.15, 0.2) is 29.4 Å². The van der Waals surface area contributed by atoms with Gasteiger partial charge in [0.25, 0.3) is 0 Å². The molecule has 1 aromatic rings. The number of likely N-dealkylation sites (tertiary alicyclic amines) is 1. The number of nitrogens with one attached hydrogen (secondary N) is 3. The number of guanidine groups is 1. The smallest absolute Gasteiger partial charge is 0.220 e. The van der Waals surface area contributed by atoms with Crippen LogP contribution in [0.1, 0.15) is 39.0 Å². The van der Waals surface area contributed by atoms with E-state index in [0.29, 0.717) is 12.3 Å². The van der Waals surface area contributed by atoms with Gasteiger partial charge in [-0.1, -0.05) is 6.07 Å². The van der Waals surface area contributed by atoms with Crippen LogP contribution in [0, 0.1) is 5.92 Å². The van der Waals surface area contributed by atoms with E-state index in [-0.39, 0.29) is 29.9 Å². The third-order valence-electron chi connectivity index (χ3n) is 4.82. The van der Waals surface area contributed by atoms with Crippen LogP contribution < -0.4 is 16.0 Å². The fraction of sp³-hybridized carbons (Fsp3) is 0.650. The molecule has 7 nitrogen and oxygen atoms in total. The molecule has 0 spiro atoms. The van der Waals surface area contributed by atoms with Crippen molar-refractivity contribution in [1.82, 2.24) is 20.5 Å². The molecule has 28 heavy (non-hydrogen) atoms. The highest BCUT2D eigenvalue weighted by Crippen LogP contribution is 2.20. The minimum Gasteiger partial charge on any atom is -0.370 e. The van der Waals surface area contributed by atoms with Gasteiger partial charge in [0.1, 0.15) is 5.82 Å². The van der Waals surface area contributed by atoms with Crippen molar-refractivity contribution in [2.75, 3.05) is 45.1 Å². The summed E-state index contributed by atoms with van der Waals surface area (Å²) in [5.74, 6) is 2.57. The lowest BCUT2D eigenvalue weighted by molar-refractivity contribution is -0.121. The van der Waals surface area contributed by atoms with Gasteiger partial charge in [-0.2, -0.15) is 0 Å². The Morgan fingerprint density at radius 2 is 2.07 bits per heavy atom. The van der Waals surface area contributed by atoms with Crippen molar-refractivity contribution in [2.24, 2.45) is 10.9 Å². The molecule has 1 aliphatic heterocycles. The van der Waals surface area contributed by atoms with E-state index in [1.54, 1.807) is 13.2 Å². The highest BCUT2D eigenvalue weighted by atomic mass is 127. The number of hydrogen-bond acceptors (Lipinski definition) is 4. The zero-order valence-corrected chi connectivity index (χ0v) is 19.4. The van der Waals surface area contributed by atoms with Crippen LogP contribution in [0.2, 0.25) is 0 Å². The number of halogens is 1. The number of unbranched alkanes of at least 4 members (excludes halogenated alkanes) is 1. The predicted molar refractivity (Wildman–Crippen MR) is 126 cm³/mol. The Balaban J connectivity index is 0.00000392. The van der Waals surface area contributed by atoms with Gasteiger partial charge in [-0.3, -0.25) is 9.79 Å². The molecule has 1 aliphatic rings. The second kappa shape index (κ2) is 14.4. The summed E-state index contributed by atoms with van der Waals surface area (Å²) in [4.78, 5) is 22.9. The normalized spacial score (nSPS) is 14.9. The number of hydrogen-bond donors (Lipinski definition) is 3. The van der Waals surface area contributed by atoms with E-state index in [2.05, 4.69) is 32.8 Å². The minimum atomic E-state index is 0. The van der Waals surface area contributed by atoms with Crippen molar-refractivity contribution in [3.05, 3.63) is 24.4 Å². The number of nitrogens with zero attached hydrogens (tertiary/aromatic N) is 3. The molecular formula is C20H35IN6O. The van der Waals surface area contributed by atoms with E-state index in [9.17, 15) is 4.79 Å². The maximum absolute atomic E-state index is 11.5. The van der Waals surface area contributed by atoms with Gasteiger partial charge in [-0.05, 0) is 50.7 Å². The number of carbonyl (C=O) groups excluding carboxylic acids is 1. The van der Waals surface area contributed by atoms with Crippen LogP contribution in [0.4, 0.5) is 5.82 Å². The molecule has 0 atom stereocenters. The number of aromatic nitrogens is 1. The first-order chi connectivity index (χ1) is 13.2. The van der Waals surface area contributed by atoms with Gasteiger partial charge in [-0.25, -0.2) is 4.98 Å². The Morgan fingerprint density at radius 1 is 1.29 bits per heavy atom. The lowest BCUT2D eigenvalue weighted by Gasteiger charge is -2.34. The first kappa shape index (κ1) is 24.5. The van der Waals surface area contributed by atoms with E-state index in [1.165, 1.54) is 0 Å². The Bertz CT molecular complexity index is 575. The highest BCUT2D eigenvalue weighted by Gasteiger charge is 2.22. The molecule has 1 fully saturated rings. The summed E-state index contributed by atoms with van der Waals surface area (Å²) in [5, 5.41) is 9.46. The monoisotopic (exact) mass is 502 g/mol. The van der Waals surface area contributed by atoms with Gasteiger partial charge in [0.05, 0.1) is 0 Å². The molecule has 1 amide bonds. The SMILES string of the molecule is CCNC(=NCCCCNc1ccccn1)N1CCC(CC(=O)NC)CC1.I. The van der Waals surface area contributed by atoms with E-state index in [0.717, 1.165) is 70.2 Å². The topological polar surface area (TPSA) is 81.7 Å². The van der Waals surface area contributed by atoms with Gasteiger partial charge >= 0.3 is 0 Å². The Labute approximate surface area is 186 Å².